The number of unbranched alkanes of at least 4 members (excludes halogenated alkanes) is 13. The molecule has 0 aromatic heterocycles. The first-order chi connectivity index (χ1) is 15.4. The average Bonchev–Trinajstić information content (AvgIpc) is 2.74. The van der Waals surface area contributed by atoms with E-state index >= 15 is 0 Å². The molecule has 194 valence electrons. The molecule has 0 spiro atoms. The topological polar surface area (TPSA) is 72.3 Å². The van der Waals surface area contributed by atoms with Crippen LogP contribution < -0.4 is 6.15 Å². The summed E-state index contributed by atoms with van der Waals surface area (Å²) in [6, 6.07) is 10.9. The molecule has 1 aromatic carbocycles. The van der Waals surface area contributed by atoms with E-state index in [2.05, 4.69) is 51.4 Å². The van der Waals surface area contributed by atoms with Gasteiger partial charge in [0.2, 0.25) is 0 Å². The predicted octanol–water partition coefficient (Wildman–Crippen LogP) is 8.78. The van der Waals surface area contributed by atoms with E-state index in [1.807, 2.05) is 6.92 Å². The third-order valence-electron chi connectivity index (χ3n) is 6.03. The van der Waals surface area contributed by atoms with Crippen LogP contribution in [-0.4, -0.2) is 36.2 Å². The Morgan fingerprint density at radius 1 is 0.697 bits per heavy atom. The molecule has 0 heterocycles. The highest BCUT2D eigenvalue weighted by molar-refractivity contribution is 5.66. The van der Waals surface area contributed by atoms with Gasteiger partial charge in [0.1, 0.15) is 6.54 Å². The first-order valence-electron chi connectivity index (χ1n) is 13.5. The van der Waals surface area contributed by atoms with Gasteiger partial charge in [0.25, 0.3) is 0 Å². The van der Waals surface area contributed by atoms with Gasteiger partial charge in [0, 0.05) is 12.0 Å². The van der Waals surface area contributed by atoms with E-state index in [1.165, 1.54) is 102 Å². The number of carboxylic acid groups (broad SMARTS) is 1. The summed E-state index contributed by atoms with van der Waals surface area (Å²) in [5.74, 6) is -0.711. The van der Waals surface area contributed by atoms with Crippen LogP contribution in [0.1, 0.15) is 122 Å². The van der Waals surface area contributed by atoms with Gasteiger partial charge in [-0.3, -0.25) is 4.79 Å². The highest BCUT2D eigenvalue weighted by atomic mass is 16.4. The van der Waals surface area contributed by atoms with Crippen LogP contribution in [-0.2, 0) is 11.3 Å². The molecule has 0 saturated carbocycles. The molecule has 0 atom stereocenters. The Kier molecular flexibility index (Phi) is 24.3. The van der Waals surface area contributed by atoms with Crippen molar-refractivity contribution < 1.29 is 14.4 Å². The van der Waals surface area contributed by atoms with Crippen LogP contribution >= 0.6 is 0 Å². The number of carboxylic acids is 1. The third kappa shape index (κ3) is 25.1. The first-order valence-corrected chi connectivity index (χ1v) is 13.5. The summed E-state index contributed by atoms with van der Waals surface area (Å²) in [6.07, 6.45) is 21.2. The highest BCUT2D eigenvalue weighted by Gasteiger charge is 2.14. The molecule has 4 nitrogen and oxygen atoms in total. The van der Waals surface area contributed by atoms with E-state index in [4.69, 9.17) is 5.11 Å². The van der Waals surface area contributed by atoms with Crippen molar-refractivity contribution in [2.24, 2.45) is 0 Å². The normalized spacial score (nSPS) is 10.8. The summed E-state index contributed by atoms with van der Waals surface area (Å²) in [5.41, 5.74) is 1.46. The van der Waals surface area contributed by atoms with Gasteiger partial charge in [-0.1, -0.05) is 121 Å². The second-order valence-electron chi connectivity index (χ2n) is 10.0. The minimum absolute atomic E-state index is 0. The molecule has 0 saturated heterocycles. The molecule has 4 N–H and O–H groups in total. The van der Waals surface area contributed by atoms with Crippen LogP contribution in [0.25, 0.3) is 0 Å². The van der Waals surface area contributed by atoms with Crippen molar-refractivity contribution in [3.05, 3.63) is 35.9 Å². The van der Waals surface area contributed by atoms with E-state index in [1.54, 1.807) is 0 Å². The molecule has 4 heteroatoms. The Bertz CT molecular complexity index is 532. The Hall–Kier alpha value is -1.39. The minimum Gasteiger partial charge on any atom is -0.481 e. The van der Waals surface area contributed by atoms with Crippen molar-refractivity contribution in [1.29, 1.82) is 0 Å². The number of benzene rings is 1. The molecule has 0 aliphatic carbocycles. The number of quaternary nitrogens is 1. The van der Waals surface area contributed by atoms with E-state index in [-0.39, 0.29) is 6.15 Å². The number of aliphatic carboxylic acids is 1. The maximum Gasteiger partial charge on any atom is 0.303 e. The summed E-state index contributed by atoms with van der Waals surface area (Å²) >= 11 is 0. The maximum absolute atomic E-state index is 9.60. The summed E-state index contributed by atoms with van der Waals surface area (Å²) in [6.45, 7) is 6.59. The molecule has 0 fully saturated rings. The average molecular weight is 466 g/mol. The monoisotopic (exact) mass is 465 g/mol. The molecule has 0 amide bonds. The predicted molar refractivity (Wildman–Crippen MR) is 145 cm³/mol. The van der Waals surface area contributed by atoms with Crippen molar-refractivity contribution >= 4 is 5.97 Å². The number of carbonyl (C=O) groups is 1. The molecular formula is C29H57N2O2+. The minimum atomic E-state index is -0.711. The fourth-order valence-corrected chi connectivity index (χ4v) is 4.10. The summed E-state index contributed by atoms with van der Waals surface area (Å²) in [7, 11) is 4.74. The summed E-state index contributed by atoms with van der Waals surface area (Å²) in [4.78, 5) is 9.60. The standard InChI is InChI=1S/C25H46N.C4H8O2.H3N/c1-4-5-6-7-8-9-10-11-12-13-14-15-16-20-23-26(2,3)24-25-21-18-17-19-22-25;1-2-3-4(5)6;/h17-19,21-22H,4-16,20,23-24H2,1-3H3;2-3H2,1H3,(H,5,6);1H3/q+1;;. The molecule has 0 bridgehead atoms. The lowest BCUT2D eigenvalue weighted by molar-refractivity contribution is -0.903. The van der Waals surface area contributed by atoms with Crippen LogP contribution in [0.5, 0.6) is 0 Å². The van der Waals surface area contributed by atoms with Crippen LogP contribution in [0.3, 0.4) is 0 Å². The van der Waals surface area contributed by atoms with Crippen LogP contribution in [0, 0.1) is 0 Å². The number of rotatable bonds is 19. The quantitative estimate of drug-likeness (QED) is 0.158. The van der Waals surface area contributed by atoms with E-state index in [0.29, 0.717) is 6.42 Å². The fraction of sp³-hybridized carbons (Fsp3) is 0.759. The Balaban J connectivity index is 0. The van der Waals surface area contributed by atoms with E-state index in [9.17, 15) is 4.79 Å². The van der Waals surface area contributed by atoms with Gasteiger partial charge in [0.05, 0.1) is 20.6 Å². The Morgan fingerprint density at radius 2 is 1.12 bits per heavy atom. The maximum atomic E-state index is 9.60. The molecule has 1 aromatic rings. The molecule has 0 aliphatic rings. The SMILES string of the molecule is CCCC(=O)O.CCCCCCCCCCCCCCCC[N+](C)(C)Cc1ccccc1.N. The van der Waals surface area contributed by atoms with Gasteiger partial charge < -0.3 is 15.7 Å². The second kappa shape index (κ2) is 23.8. The lowest BCUT2D eigenvalue weighted by atomic mass is 10.0. The number of nitrogens with zero attached hydrogens (tertiary/aromatic N) is 1. The Morgan fingerprint density at radius 3 is 1.48 bits per heavy atom. The van der Waals surface area contributed by atoms with Gasteiger partial charge in [-0.2, -0.15) is 0 Å². The van der Waals surface area contributed by atoms with Crippen LogP contribution in [0.15, 0.2) is 30.3 Å². The molecule has 33 heavy (non-hydrogen) atoms. The highest BCUT2D eigenvalue weighted by Crippen LogP contribution is 2.15. The van der Waals surface area contributed by atoms with Gasteiger partial charge >= 0.3 is 5.97 Å². The fourth-order valence-electron chi connectivity index (χ4n) is 4.10. The largest absolute Gasteiger partial charge is 0.481 e. The lowest BCUT2D eigenvalue weighted by Crippen LogP contribution is -2.39. The zero-order valence-corrected chi connectivity index (χ0v) is 22.6. The van der Waals surface area contributed by atoms with Crippen molar-refractivity contribution in [3.8, 4) is 0 Å². The van der Waals surface area contributed by atoms with E-state index in [0.717, 1.165) is 17.4 Å². The van der Waals surface area contributed by atoms with Gasteiger partial charge in [-0.25, -0.2) is 0 Å². The second-order valence-corrected chi connectivity index (χ2v) is 10.0. The van der Waals surface area contributed by atoms with Crippen molar-refractivity contribution in [3.63, 3.8) is 0 Å². The molecule has 1 rings (SSSR count). The zero-order chi connectivity index (χ0) is 23.9. The number of hydrogen-bond donors (Lipinski definition) is 2. The molecule has 0 radical (unpaired) electrons. The van der Waals surface area contributed by atoms with Crippen LogP contribution in [0.4, 0.5) is 0 Å². The van der Waals surface area contributed by atoms with Gasteiger partial charge in [0.15, 0.2) is 0 Å². The van der Waals surface area contributed by atoms with Gasteiger partial charge in [-0.05, 0) is 19.3 Å². The van der Waals surface area contributed by atoms with E-state index < -0.39 is 5.97 Å². The van der Waals surface area contributed by atoms with Gasteiger partial charge in [-0.15, -0.1) is 0 Å². The third-order valence-corrected chi connectivity index (χ3v) is 6.03. The lowest BCUT2D eigenvalue weighted by Gasteiger charge is -2.30. The smallest absolute Gasteiger partial charge is 0.303 e. The van der Waals surface area contributed by atoms with Crippen molar-refractivity contribution in [2.45, 2.75) is 123 Å². The van der Waals surface area contributed by atoms with Crippen molar-refractivity contribution in [1.82, 2.24) is 6.15 Å². The zero-order valence-electron chi connectivity index (χ0n) is 22.6. The molecular weight excluding hydrogens is 408 g/mol. The number of hydrogen-bond acceptors (Lipinski definition) is 2. The summed E-state index contributed by atoms with van der Waals surface area (Å²) in [5, 5.41) is 7.91. The first kappa shape index (κ1) is 33.8. The molecule has 0 unspecified atom stereocenters. The summed E-state index contributed by atoms with van der Waals surface area (Å²) < 4.78 is 1.11. The van der Waals surface area contributed by atoms with Crippen LogP contribution in [0.2, 0.25) is 0 Å². The Labute approximate surface area is 206 Å². The molecule has 0 aliphatic heterocycles. The van der Waals surface area contributed by atoms with Crippen molar-refractivity contribution in [2.75, 3.05) is 20.6 Å².